The van der Waals surface area contributed by atoms with Crippen molar-refractivity contribution in [1.29, 1.82) is 0 Å². The average molecular weight is 245 g/mol. The van der Waals surface area contributed by atoms with Gasteiger partial charge in [0.05, 0.1) is 0 Å². The van der Waals surface area contributed by atoms with Gasteiger partial charge in [0.15, 0.2) is 0 Å². The summed E-state index contributed by atoms with van der Waals surface area (Å²) in [5, 5.41) is 0. The number of halogens is 1. The summed E-state index contributed by atoms with van der Waals surface area (Å²) < 4.78 is 37.2. The van der Waals surface area contributed by atoms with Crippen LogP contribution in [0.15, 0.2) is 24.3 Å². The third kappa shape index (κ3) is 2.85. The molecular formula is C10H12FNO3S. The lowest BCUT2D eigenvalue weighted by molar-refractivity contribution is 0.440. The van der Waals surface area contributed by atoms with Gasteiger partial charge >= 0.3 is 10.5 Å². The fraction of sp³-hybridized carbons (Fsp3) is 0.400. The molecule has 1 aromatic rings. The monoisotopic (exact) mass is 245 g/mol. The molecule has 88 valence electrons. The predicted molar refractivity (Wildman–Crippen MR) is 58.5 cm³/mol. The van der Waals surface area contributed by atoms with Gasteiger partial charge in [0.2, 0.25) is 0 Å². The second-order valence-corrected chi connectivity index (χ2v) is 4.62. The largest absolute Gasteiger partial charge is 0.488 e. The summed E-state index contributed by atoms with van der Waals surface area (Å²) >= 11 is 0. The number of hydrogen-bond acceptors (Lipinski definition) is 4. The number of hydrogen-bond donors (Lipinski definition) is 0. The van der Waals surface area contributed by atoms with Crippen LogP contribution in [0.25, 0.3) is 0 Å². The van der Waals surface area contributed by atoms with Crippen LogP contribution in [0, 0.1) is 0 Å². The molecule has 0 atom stereocenters. The van der Waals surface area contributed by atoms with E-state index in [2.05, 4.69) is 9.08 Å². The van der Waals surface area contributed by atoms with E-state index in [0.717, 1.165) is 31.6 Å². The summed E-state index contributed by atoms with van der Waals surface area (Å²) in [6, 6.07) is 6.44. The minimum absolute atomic E-state index is 0.00639. The molecule has 0 spiro atoms. The van der Waals surface area contributed by atoms with Gasteiger partial charge in [-0.15, -0.1) is 0 Å². The van der Waals surface area contributed by atoms with E-state index >= 15 is 0 Å². The minimum Gasteiger partial charge on any atom is -0.371 e. The highest BCUT2D eigenvalue weighted by molar-refractivity contribution is 7.81. The van der Waals surface area contributed by atoms with Crippen molar-refractivity contribution in [3.05, 3.63) is 24.3 Å². The maximum atomic E-state index is 12.3. The van der Waals surface area contributed by atoms with Crippen molar-refractivity contribution < 1.29 is 16.5 Å². The Morgan fingerprint density at radius 1 is 1.25 bits per heavy atom. The van der Waals surface area contributed by atoms with Crippen molar-refractivity contribution in [2.75, 3.05) is 18.0 Å². The van der Waals surface area contributed by atoms with Crippen molar-refractivity contribution in [3.8, 4) is 5.75 Å². The fourth-order valence-corrected chi connectivity index (χ4v) is 2.16. The molecule has 0 amide bonds. The zero-order valence-corrected chi connectivity index (χ0v) is 9.41. The first-order valence-corrected chi connectivity index (χ1v) is 6.34. The molecule has 1 aliphatic heterocycles. The van der Waals surface area contributed by atoms with Gasteiger partial charge in [0.1, 0.15) is 5.75 Å². The molecule has 0 aliphatic carbocycles. The van der Waals surface area contributed by atoms with Crippen molar-refractivity contribution >= 4 is 16.2 Å². The second-order valence-electron chi connectivity index (χ2n) is 3.67. The highest BCUT2D eigenvalue weighted by atomic mass is 32.3. The molecule has 1 fully saturated rings. The van der Waals surface area contributed by atoms with Crippen molar-refractivity contribution in [3.63, 3.8) is 0 Å². The van der Waals surface area contributed by atoms with Crippen LogP contribution in [0.3, 0.4) is 0 Å². The maximum Gasteiger partial charge on any atom is 0.488 e. The number of benzene rings is 1. The number of nitrogens with zero attached hydrogens (tertiary/aromatic N) is 1. The third-order valence-corrected chi connectivity index (χ3v) is 2.88. The Bertz CT molecular complexity index is 469. The molecule has 0 unspecified atom stereocenters. The highest BCUT2D eigenvalue weighted by Crippen LogP contribution is 2.25. The predicted octanol–water partition coefficient (Wildman–Crippen LogP) is 1.88. The topological polar surface area (TPSA) is 46.6 Å². The van der Waals surface area contributed by atoms with E-state index in [0.29, 0.717) is 0 Å². The fourth-order valence-electron chi connectivity index (χ4n) is 1.82. The Balaban J connectivity index is 2.19. The van der Waals surface area contributed by atoms with Crippen molar-refractivity contribution in [2.24, 2.45) is 0 Å². The van der Waals surface area contributed by atoms with E-state index in [-0.39, 0.29) is 5.75 Å². The molecule has 4 nitrogen and oxygen atoms in total. The van der Waals surface area contributed by atoms with Gasteiger partial charge in [-0.05, 0) is 25.0 Å². The lowest BCUT2D eigenvalue weighted by atomic mass is 10.3. The van der Waals surface area contributed by atoms with Gasteiger partial charge in [0.25, 0.3) is 0 Å². The Morgan fingerprint density at radius 3 is 2.56 bits per heavy atom. The summed E-state index contributed by atoms with van der Waals surface area (Å²) in [6.45, 7) is 1.87. The van der Waals surface area contributed by atoms with Crippen molar-refractivity contribution in [1.82, 2.24) is 0 Å². The Hall–Kier alpha value is -1.30. The lowest BCUT2D eigenvalue weighted by Crippen LogP contribution is -2.17. The third-order valence-electron chi connectivity index (χ3n) is 2.48. The average Bonchev–Trinajstić information content (AvgIpc) is 2.68. The standard InChI is InChI=1S/C10H12FNO3S/c11-16(13,14)15-10-5-3-4-9(8-10)12-6-1-2-7-12/h3-5,8H,1-2,6-7H2. The van der Waals surface area contributed by atoms with Crippen LogP contribution < -0.4 is 9.08 Å². The zero-order chi connectivity index (χ0) is 11.6. The first-order valence-electron chi connectivity index (χ1n) is 5.04. The first-order chi connectivity index (χ1) is 7.54. The zero-order valence-electron chi connectivity index (χ0n) is 8.60. The molecule has 0 bridgehead atoms. The SMILES string of the molecule is O=S(=O)(F)Oc1cccc(N2CCCC2)c1. The van der Waals surface area contributed by atoms with E-state index in [4.69, 9.17) is 0 Å². The van der Waals surface area contributed by atoms with Crippen LogP contribution in [0.5, 0.6) is 5.75 Å². The minimum atomic E-state index is -4.94. The van der Waals surface area contributed by atoms with Crippen LogP contribution in [-0.2, 0) is 10.5 Å². The van der Waals surface area contributed by atoms with E-state index < -0.39 is 10.5 Å². The Kier molecular flexibility index (Phi) is 3.00. The molecule has 0 radical (unpaired) electrons. The molecule has 1 aromatic carbocycles. The second kappa shape index (κ2) is 4.29. The van der Waals surface area contributed by atoms with E-state index in [9.17, 15) is 12.3 Å². The van der Waals surface area contributed by atoms with Gasteiger partial charge in [-0.3, -0.25) is 0 Å². The van der Waals surface area contributed by atoms with Crippen LogP contribution in [0.4, 0.5) is 9.57 Å². The molecule has 2 rings (SSSR count). The normalized spacial score (nSPS) is 16.4. The summed E-state index contributed by atoms with van der Waals surface area (Å²) in [4.78, 5) is 2.11. The number of anilines is 1. The van der Waals surface area contributed by atoms with Crippen LogP contribution >= 0.6 is 0 Å². The highest BCUT2D eigenvalue weighted by Gasteiger charge is 2.14. The molecule has 0 saturated carbocycles. The quantitative estimate of drug-likeness (QED) is 0.763. The first kappa shape index (κ1) is 11.2. The number of rotatable bonds is 3. The van der Waals surface area contributed by atoms with E-state index in [1.165, 1.54) is 12.1 Å². The molecule has 16 heavy (non-hydrogen) atoms. The Labute approximate surface area is 94.1 Å². The van der Waals surface area contributed by atoms with Gasteiger partial charge in [0, 0.05) is 24.8 Å². The Morgan fingerprint density at radius 2 is 1.94 bits per heavy atom. The lowest BCUT2D eigenvalue weighted by Gasteiger charge is -2.17. The summed E-state index contributed by atoms with van der Waals surface area (Å²) in [5.74, 6) is 0.00639. The van der Waals surface area contributed by atoms with Crippen LogP contribution in [0.1, 0.15) is 12.8 Å². The van der Waals surface area contributed by atoms with Crippen LogP contribution in [-0.4, -0.2) is 21.5 Å². The van der Waals surface area contributed by atoms with Gasteiger partial charge in [-0.2, -0.15) is 8.42 Å². The van der Waals surface area contributed by atoms with Gasteiger partial charge < -0.3 is 9.08 Å². The van der Waals surface area contributed by atoms with Crippen molar-refractivity contribution in [2.45, 2.75) is 12.8 Å². The van der Waals surface area contributed by atoms with Crippen LogP contribution in [0.2, 0.25) is 0 Å². The molecule has 6 heteroatoms. The molecule has 1 aliphatic rings. The molecule has 0 N–H and O–H groups in total. The maximum absolute atomic E-state index is 12.3. The van der Waals surface area contributed by atoms with Gasteiger partial charge in [-0.25, -0.2) is 0 Å². The molecule has 1 heterocycles. The summed E-state index contributed by atoms with van der Waals surface area (Å²) in [7, 11) is -4.94. The van der Waals surface area contributed by atoms with E-state index in [1.807, 2.05) is 6.07 Å². The molecule has 1 saturated heterocycles. The molecular weight excluding hydrogens is 233 g/mol. The summed E-state index contributed by atoms with van der Waals surface area (Å²) in [6.07, 6.45) is 2.24. The molecule has 0 aromatic heterocycles. The van der Waals surface area contributed by atoms with Gasteiger partial charge in [-0.1, -0.05) is 9.95 Å². The van der Waals surface area contributed by atoms with E-state index in [1.54, 1.807) is 6.07 Å². The smallest absolute Gasteiger partial charge is 0.371 e. The summed E-state index contributed by atoms with van der Waals surface area (Å²) in [5.41, 5.74) is 0.860.